The summed E-state index contributed by atoms with van der Waals surface area (Å²) in [6.45, 7) is 3.11. The summed E-state index contributed by atoms with van der Waals surface area (Å²) in [6, 6.07) is 0. The summed E-state index contributed by atoms with van der Waals surface area (Å²) < 4.78 is 1.63. The van der Waals surface area contributed by atoms with Crippen LogP contribution in [0.1, 0.15) is 18.7 Å². The molecule has 0 radical (unpaired) electrons. The first-order chi connectivity index (χ1) is 9.63. The summed E-state index contributed by atoms with van der Waals surface area (Å²) in [7, 11) is 1.79. The first-order valence-corrected chi connectivity index (χ1v) is 7.15. The molecule has 1 aromatic rings. The molecule has 2 heterocycles. The number of amides is 1. The van der Waals surface area contributed by atoms with Crippen LogP contribution < -0.4 is 5.32 Å². The van der Waals surface area contributed by atoms with Crippen molar-refractivity contribution in [2.75, 3.05) is 19.6 Å². The van der Waals surface area contributed by atoms with Gasteiger partial charge in [-0.15, -0.1) is 0 Å². The molecule has 3 rings (SSSR count). The van der Waals surface area contributed by atoms with Crippen molar-refractivity contribution in [3.05, 3.63) is 12.2 Å². The maximum absolute atomic E-state index is 11.4. The number of fused-ring (bicyclic) bond motifs is 1. The molecule has 1 saturated heterocycles. The van der Waals surface area contributed by atoms with Gasteiger partial charge in [-0.3, -0.25) is 4.68 Å². The molecule has 0 bridgehead atoms. The van der Waals surface area contributed by atoms with Gasteiger partial charge in [-0.25, -0.2) is 9.78 Å². The summed E-state index contributed by atoms with van der Waals surface area (Å²) in [5.74, 6) is 2.65. The van der Waals surface area contributed by atoms with E-state index in [1.807, 2.05) is 0 Å². The summed E-state index contributed by atoms with van der Waals surface area (Å²) >= 11 is 0. The quantitative estimate of drug-likeness (QED) is 0.840. The molecule has 7 nitrogen and oxygen atoms in total. The molecule has 1 aliphatic carbocycles. The van der Waals surface area contributed by atoms with Crippen LogP contribution in [0, 0.1) is 17.8 Å². The average Bonchev–Trinajstić information content (AvgIpc) is 3.05. The van der Waals surface area contributed by atoms with E-state index in [0.717, 1.165) is 37.8 Å². The van der Waals surface area contributed by atoms with Crippen molar-refractivity contribution in [2.24, 2.45) is 24.8 Å². The van der Waals surface area contributed by atoms with Gasteiger partial charge >= 0.3 is 6.09 Å². The van der Waals surface area contributed by atoms with E-state index in [-0.39, 0.29) is 0 Å². The highest BCUT2D eigenvalue weighted by molar-refractivity contribution is 5.64. The van der Waals surface area contributed by atoms with Crippen LogP contribution in [-0.4, -0.2) is 50.5 Å². The number of hydrogen-bond acceptors (Lipinski definition) is 4. The minimum Gasteiger partial charge on any atom is -0.465 e. The predicted octanol–water partition coefficient (Wildman–Crippen LogP) is 0.541. The maximum atomic E-state index is 11.4. The molecule has 2 N–H and O–H groups in total. The lowest BCUT2D eigenvalue weighted by Gasteiger charge is -2.22. The Morgan fingerprint density at radius 2 is 2.20 bits per heavy atom. The van der Waals surface area contributed by atoms with E-state index in [2.05, 4.69) is 15.4 Å². The Kier molecular flexibility index (Phi) is 3.60. The molecule has 20 heavy (non-hydrogen) atoms. The zero-order valence-electron chi connectivity index (χ0n) is 11.7. The van der Waals surface area contributed by atoms with Crippen molar-refractivity contribution in [2.45, 2.75) is 19.4 Å². The van der Waals surface area contributed by atoms with E-state index < -0.39 is 6.09 Å². The van der Waals surface area contributed by atoms with Crippen LogP contribution in [0.3, 0.4) is 0 Å². The standard InChI is InChI=1S/C13H21N5O2/c1-17-12(15-8-16-17)7-18(13(19)20)6-9-2-10-4-14-5-11(10)3-9/h8-11,14H,2-7H2,1H3,(H,19,20)/t9-,10-,11+. The van der Waals surface area contributed by atoms with E-state index >= 15 is 0 Å². The number of nitrogens with one attached hydrogen (secondary N) is 1. The Morgan fingerprint density at radius 3 is 2.75 bits per heavy atom. The average molecular weight is 279 g/mol. The second-order valence-corrected chi connectivity index (χ2v) is 5.98. The molecule has 0 spiro atoms. The number of rotatable bonds is 4. The second kappa shape index (κ2) is 5.40. The number of hydrogen-bond donors (Lipinski definition) is 2. The zero-order chi connectivity index (χ0) is 14.1. The molecule has 110 valence electrons. The van der Waals surface area contributed by atoms with Gasteiger partial charge in [-0.1, -0.05) is 0 Å². The normalized spacial score (nSPS) is 28.6. The first kappa shape index (κ1) is 13.4. The Hall–Kier alpha value is -1.63. The highest BCUT2D eigenvalue weighted by atomic mass is 16.4. The van der Waals surface area contributed by atoms with Crippen molar-refractivity contribution in [3.8, 4) is 0 Å². The molecular formula is C13H21N5O2. The highest BCUT2D eigenvalue weighted by Gasteiger charge is 2.38. The third-order valence-electron chi connectivity index (χ3n) is 4.64. The van der Waals surface area contributed by atoms with E-state index in [0.29, 0.717) is 24.8 Å². The van der Waals surface area contributed by atoms with E-state index in [1.54, 1.807) is 11.7 Å². The van der Waals surface area contributed by atoms with Crippen LogP contribution in [0.25, 0.3) is 0 Å². The van der Waals surface area contributed by atoms with Crippen LogP contribution in [0.5, 0.6) is 0 Å². The highest BCUT2D eigenvalue weighted by Crippen LogP contribution is 2.38. The monoisotopic (exact) mass is 279 g/mol. The fourth-order valence-electron chi connectivity index (χ4n) is 3.60. The van der Waals surface area contributed by atoms with Crippen molar-refractivity contribution in [1.82, 2.24) is 25.0 Å². The number of aromatic nitrogens is 3. The van der Waals surface area contributed by atoms with Crippen molar-refractivity contribution < 1.29 is 9.90 Å². The zero-order valence-corrected chi connectivity index (χ0v) is 11.7. The van der Waals surface area contributed by atoms with E-state index in [4.69, 9.17) is 0 Å². The van der Waals surface area contributed by atoms with E-state index in [1.165, 1.54) is 11.2 Å². The van der Waals surface area contributed by atoms with Crippen molar-refractivity contribution in [3.63, 3.8) is 0 Å². The minimum atomic E-state index is -0.872. The Labute approximate surface area is 118 Å². The Balaban J connectivity index is 1.61. The number of carboxylic acid groups (broad SMARTS) is 1. The van der Waals surface area contributed by atoms with Crippen LogP contribution in [0.15, 0.2) is 6.33 Å². The van der Waals surface area contributed by atoms with Gasteiger partial charge in [0.05, 0.1) is 6.54 Å². The molecule has 1 amide bonds. The second-order valence-electron chi connectivity index (χ2n) is 5.98. The van der Waals surface area contributed by atoms with Crippen LogP contribution in [0.4, 0.5) is 4.79 Å². The number of aryl methyl sites for hydroxylation is 1. The minimum absolute atomic E-state index is 0.315. The molecule has 0 unspecified atom stereocenters. The maximum Gasteiger partial charge on any atom is 0.407 e. The molecule has 0 aromatic carbocycles. The van der Waals surface area contributed by atoms with Gasteiger partial charge in [0.1, 0.15) is 12.2 Å². The SMILES string of the molecule is Cn1ncnc1CN(C[C@H]1C[C@H]2CNC[C@H]2C1)C(=O)O. The molecule has 3 atom stereocenters. The third-order valence-corrected chi connectivity index (χ3v) is 4.64. The van der Waals surface area contributed by atoms with E-state index in [9.17, 15) is 9.90 Å². The van der Waals surface area contributed by atoms with Crippen LogP contribution in [0.2, 0.25) is 0 Å². The lowest BCUT2D eigenvalue weighted by molar-refractivity contribution is 0.131. The fraction of sp³-hybridized carbons (Fsp3) is 0.769. The largest absolute Gasteiger partial charge is 0.465 e. The van der Waals surface area contributed by atoms with Gasteiger partial charge in [0, 0.05) is 13.6 Å². The summed E-state index contributed by atoms with van der Waals surface area (Å²) in [5.41, 5.74) is 0. The van der Waals surface area contributed by atoms with Gasteiger partial charge in [0.15, 0.2) is 0 Å². The smallest absolute Gasteiger partial charge is 0.407 e. The molecular weight excluding hydrogens is 258 g/mol. The van der Waals surface area contributed by atoms with Crippen molar-refractivity contribution >= 4 is 6.09 Å². The summed E-state index contributed by atoms with van der Waals surface area (Å²) in [4.78, 5) is 17.0. The molecule has 1 aromatic heterocycles. The predicted molar refractivity (Wildman–Crippen MR) is 72.0 cm³/mol. The lowest BCUT2D eigenvalue weighted by atomic mass is 10.0. The van der Waals surface area contributed by atoms with Crippen molar-refractivity contribution in [1.29, 1.82) is 0 Å². The first-order valence-electron chi connectivity index (χ1n) is 7.15. The van der Waals surface area contributed by atoms with Crippen LogP contribution in [-0.2, 0) is 13.6 Å². The Bertz CT molecular complexity index is 477. The number of nitrogens with zero attached hydrogens (tertiary/aromatic N) is 4. The topological polar surface area (TPSA) is 83.3 Å². The summed E-state index contributed by atoms with van der Waals surface area (Å²) in [5, 5.41) is 16.8. The lowest BCUT2D eigenvalue weighted by Crippen LogP contribution is -2.34. The van der Waals surface area contributed by atoms with Gasteiger partial charge in [-0.2, -0.15) is 5.10 Å². The van der Waals surface area contributed by atoms with Gasteiger partial charge in [-0.05, 0) is 43.7 Å². The third kappa shape index (κ3) is 2.63. The van der Waals surface area contributed by atoms with Gasteiger partial charge < -0.3 is 15.3 Å². The molecule has 1 aliphatic heterocycles. The van der Waals surface area contributed by atoms with Gasteiger partial charge in [0.25, 0.3) is 0 Å². The van der Waals surface area contributed by atoms with Gasteiger partial charge in [0.2, 0.25) is 0 Å². The number of carbonyl (C=O) groups is 1. The molecule has 7 heteroatoms. The molecule has 2 fully saturated rings. The van der Waals surface area contributed by atoms with Crippen LogP contribution >= 0.6 is 0 Å². The molecule has 1 saturated carbocycles. The Morgan fingerprint density at radius 1 is 1.50 bits per heavy atom. The summed E-state index contributed by atoms with van der Waals surface area (Å²) in [6.07, 6.45) is 2.87. The molecule has 2 aliphatic rings. The fourth-order valence-corrected chi connectivity index (χ4v) is 3.60.